The van der Waals surface area contributed by atoms with E-state index in [1.54, 1.807) is 0 Å². The van der Waals surface area contributed by atoms with Gasteiger partial charge >= 0.3 is 0 Å². The van der Waals surface area contributed by atoms with E-state index in [0.29, 0.717) is 24.0 Å². The van der Waals surface area contributed by atoms with Gasteiger partial charge in [-0.1, -0.05) is 19.9 Å². The lowest BCUT2D eigenvalue weighted by molar-refractivity contribution is 0.0784. The van der Waals surface area contributed by atoms with E-state index in [-0.39, 0.29) is 12.5 Å². The fourth-order valence-corrected chi connectivity index (χ4v) is 2.60. The van der Waals surface area contributed by atoms with Crippen LogP contribution in [0.3, 0.4) is 0 Å². The van der Waals surface area contributed by atoms with E-state index in [2.05, 4.69) is 13.8 Å². The average Bonchev–Trinajstić information content (AvgIpc) is 2.94. The van der Waals surface area contributed by atoms with Gasteiger partial charge in [0.2, 0.25) is 0 Å². The van der Waals surface area contributed by atoms with Gasteiger partial charge in [0.05, 0.1) is 6.61 Å². The van der Waals surface area contributed by atoms with Gasteiger partial charge < -0.3 is 14.7 Å². The van der Waals surface area contributed by atoms with Crippen molar-refractivity contribution < 1.29 is 14.6 Å². The maximum Gasteiger partial charge on any atom is 0.253 e. The number of aliphatic hydroxyl groups is 1. The Hall–Kier alpha value is -1.55. The molecule has 1 aliphatic heterocycles. The van der Waals surface area contributed by atoms with Gasteiger partial charge in [-0.25, -0.2) is 0 Å². The number of rotatable bonds is 6. The van der Waals surface area contributed by atoms with E-state index in [1.807, 2.05) is 29.2 Å². The summed E-state index contributed by atoms with van der Waals surface area (Å²) in [5.74, 6) is 1.70. The Morgan fingerprint density at radius 1 is 1.48 bits per heavy atom. The molecule has 1 aromatic carbocycles. The first kappa shape index (κ1) is 15.8. The number of carbonyl (C=O) groups is 1. The molecule has 1 aliphatic rings. The summed E-state index contributed by atoms with van der Waals surface area (Å²) in [5, 5.41) is 8.99. The average molecular weight is 291 g/mol. The molecule has 0 radical (unpaired) electrons. The first-order valence-electron chi connectivity index (χ1n) is 7.73. The molecule has 1 unspecified atom stereocenters. The maximum atomic E-state index is 12.5. The third-order valence-corrected chi connectivity index (χ3v) is 3.77. The monoisotopic (exact) mass is 291 g/mol. The Morgan fingerprint density at radius 2 is 2.29 bits per heavy atom. The van der Waals surface area contributed by atoms with Crippen molar-refractivity contribution in [3.63, 3.8) is 0 Å². The summed E-state index contributed by atoms with van der Waals surface area (Å²) in [5.41, 5.74) is 0.681. The second-order valence-corrected chi connectivity index (χ2v) is 6.15. The van der Waals surface area contributed by atoms with Gasteiger partial charge in [-0.15, -0.1) is 0 Å². The molecule has 1 aromatic rings. The third kappa shape index (κ3) is 4.46. The number of amides is 1. The number of hydrogen-bond donors (Lipinski definition) is 1. The highest BCUT2D eigenvalue weighted by atomic mass is 16.5. The zero-order valence-corrected chi connectivity index (χ0v) is 12.9. The van der Waals surface area contributed by atoms with Crippen molar-refractivity contribution in [1.29, 1.82) is 0 Å². The van der Waals surface area contributed by atoms with Crippen LogP contribution in [0.1, 0.15) is 37.0 Å². The second-order valence-electron chi connectivity index (χ2n) is 6.15. The van der Waals surface area contributed by atoms with Crippen LogP contribution in [0.25, 0.3) is 0 Å². The Morgan fingerprint density at radius 3 is 3.00 bits per heavy atom. The molecule has 1 fully saturated rings. The van der Waals surface area contributed by atoms with Gasteiger partial charge in [-0.2, -0.15) is 0 Å². The summed E-state index contributed by atoms with van der Waals surface area (Å²) in [6, 6.07) is 7.41. The minimum atomic E-state index is 0.0606. The molecule has 0 bridgehead atoms. The van der Waals surface area contributed by atoms with E-state index in [4.69, 9.17) is 9.84 Å². The normalized spacial score (nSPS) is 18.3. The fraction of sp³-hybridized carbons (Fsp3) is 0.588. The van der Waals surface area contributed by atoms with E-state index in [1.165, 1.54) is 0 Å². The summed E-state index contributed by atoms with van der Waals surface area (Å²) in [6.45, 7) is 6.57. The van der Waals surface area contributed by atoms with Crippen LogP contribution in [-0.4, -0.2) is 42.2 Å². The zero-order chi connectivity index (χ0) is 15.2. The smallest absolute Gasteiger partial charge is 0.253 e. The van der Waals surface area contributed by atoms with Crippen molar-refractivity contribution >= 4 is 5.91 Å². The number of benzene rings is 1. The highest BCUT2D eigenvalue weighted by Gasteiger charge is 2.26. The Labute approximate surface area is 126 Å². The van der Waals surface area contributed by atoms with Crippen LogP contribution in [0.2, 0.25) is 0 Å². The molecule has 1 saturated heterocycles. The summed E-state index contributed by atoms with van der Waals surface area (Å²) >= 11 is 0. The van der Waals surface area contributed by atoms with Gasteiger partial charge in [0.1, 0.15) is 5.75 Å². The molecule has 1 atom stereocenters. The topological polar surface area (TPSA) is 49.8 Å². The van der Waals surface area contributed by atoms with Crippen LogP contribution in [-0.2, 0) is 0 Å². The predicted molar refractivity (Wildman–Crippen MR) is 82.5 cm³/mol. The largest absolute Gasteiger partial charge is 0.493 e. The first-order valence-corrected chi connectivity index (χ1v) is 7.73. The second kappa shape index (κ2) is 7.46. The molecule has 4 nitrogen and oxygen atoms in total. The summed E-state index contributed by atoms with van der Waals surface area (Å²) in [7, 11) is 0. The Bertz CT molecular complexity index is 473. The molecular formula is C17H25NO3. The number of aliphatic hydroxyl groups excluding tert-OH is 1. The highest BCUT2D eigenvalue weighted by molar-refractivity contribution is 5.94. The van der Waals surface area contributed by atoms with E-state index in [9.17, 15) is 4.79 Å². The highest BCUT2D eigenvalue weighted by Crippen LogP contribution is 2.22. The number of carbonyl (C=O) groups excluding carboxylic acids is 1. The van der Waals surface area contributed by atoms with Gasteiger partial charge in [0.15, 0.2) is 0 Å². The molecule has 116 valence electrons. The molecule has 1 heterocycles. The molecular weight excluding hydrogens is 266 g/mol. The first-order chi connectivity index (χ1) is 10.1. The molecule has 4 heteroatoms. The summed E-state index contributed by atoms with van der Waals surface area (Å²) in [6.07, 6.45) is 1.76. The van der Waals surface area contributed by atoms with Crippen molar-refractivity contribution in [3.8, 4) is 5.75 Å². The van der Waals surface area contributed by atoms with E-state index >= 15 is 0 Å². The number of likely N-dealkylation sites (tertiary alicyclic amines) is 1. The van der Waals surface area contributed by atoms with Crippen molar-refractivity contribution in [2.45, 2.75) is 26.7 Å². The van der Waals surface area contributed by atoms with Crippen LogP contribution in [0.4, 0.5) is 0 Å². The van der Waals surface area contributed by atoms with Crippen molar-refractivity contribution in [2.75, 3.05) is 26.3 Å². The lowest BCUT2D eigenvalue weighted by Gasteiger charge is -2.17. The Kier molecular flexibility index (Phi) is 5.62. The molecule has 0 spiro atoms. The quantitative estimate of drug-likeness (QED) is 0.876. The van der Waals surface area contributed by atoms with E-state index in [0.717, 1.165) is 31.7 Å². The summed E-state index contributed by atoms with van der Waals surface area (Å²) in [4.78, 5) is 14.4. The Balaban J connectivity index is 1.98. The number of nitrogens with zero attached hydrogens (tertiary/aromatic N) is 1. The number of hydrogen-bond acceptors (Lipinski definition) is 3. The molecule has 1 N–H and O–H groups in total. The standard InChI is InChI=1S/C17H25NO3/c1-13(2)12-21-16-5-3-4-15(10-16)17(20)18-8-6-14(11-18)7-9-19/h3-5,10,13-14,19H,6-9,11-12H2,1-2H3. The lowest BCUT2D eigenvalue weighted by Crippen LogP contribution is -2.28. The lowest BCUT2D eigenvalue weighted by atomic mass is 10.1. The molecule has 21 heavy (non-hydrogen) atoms. The molecule has 1 amide bonds. The van der Waals surface area contributed by atoms with Crippen molar-refractivity contribution in [1.82, 2.24) is 4.90 Å². The van der Waals surface area contributed by atoms with Gasteiger partial charge in [0.25, 0.3) is 5.91 Å². The SMILES string of the molecule is CC(C)COc1cccc(C(=O)N2CCC(CCO)C2)c1. The van der Waals surface area contributed by atoms with Crippen LogP contribution >= 0.6 is 0 Å². The molecule has 0 aromatic heterocycles. The molecule has 0 saturated carbocycles. The van der Waals surface area contributed by atoms with Crippen LogP contribution in [0, 0.1) is 11.8 Å². The summed E-state index contributed by atoms with van der Waals surface area (Å²) < 4.78 is 5.68. The maximum absolute atomic E-state index is 12.5. The van der Waals surface area contributed by atoms with Crippen molar-refractivity contribution in [2.24, 2.45) is 11.8 Å². The van der Waals surface area contributed by atoms with E-state index < -0.39 is 0 Å². The minimum absolute atomic E-state index is 0.0606. The van der Waals surface area contributed by atoms with Gasteiger partial charge in [-0.05, 0) is 42.9 Å². The zero-order valence-electron chi connectivity index (χ0n) is 12.9. The fourth-order valence-electron chi connectivity index (χ4n) is 2.60. The van der Waals surface area contributed by atoms with Gasteiger partial charge in [-0.3, -0.25) is 4.79 Å². The van der Waals surface area contributed by atoms with Gasteiger partial charge in [0, 0.05) is 25.3 Å². The molecule has 0 aliphatic carbocycles. The predicted octanol–water partition coefficient (Wildman–Crippen LogP) is 2.57. The van der Waals surface area contributed by atoms with Crippen molar-refractivity contribution in [3.05, 3.63) is 29.8 Å². The van der Waals surface area contributed by atoms with Crippen LogP contribution < -0.4 is 4.74 Å². The number of ether oxygens (including phenoxy) is 1. The third-order valence-electron chi connectivity index (χ3n) is 3.77. The molecule has 2 rings (SSSR count). The van der Waals surface area contributed by atoms with Crippen LogP contribution in [0.5, 0.6) is 5.75 Å². The minimum Gasteiger partial charge on any atom is -0.493 e. The van der Waals surface area contributed by atoms with Crippen LogP contribution in [0.15, 0.2) is 24.3 Å².